The van der Waals surface area contributed by atoms with Crippen molar-refractivity contribution in [1.82, 2.24) is 25.5 Å². The van der Waals surface area contributed by atoms with Crippen LogP contribution in [0, 0.1) is 5.82 Å². The first-order valence-corrected chi connectivity index (χ1v) is 8.12. The molecule has 0 spiro atoms. The Morgan fingerprint density at radius 2 is 1.88 bits per heavy atom. The van der Waals surface area contributed by atoms with Gasteiger partial charge in [0.15, 0.2) is 5.82 Å². The van der Waals surface area contributed by atoms with Crippen molar-refractivity contribution >= 4 is 17.5 Å². The number of halogens is 2. The van der Waals surface area contributed by atoms with Crippen LogP contribution in [0.2, 0.25) is 5.02 Å². The zero-order valence-electron chi connectivity index (χ0n) is 13.6. The van der Waals surface area contributed by atoms with Gasteiger partial charge in [0, 0.05) is 11.6 Å². The second kappa shape index (κ2) is 8.39. The molecule has 0 aliphatic heterocycles. The molecule has 0 saturated heterocycles. The third-order valence-corrected chi connectivity index (χ3v) is 3.74. The lowest BCUT2D eigenvalue weighted by atomic mass is 10.2. The third kappa shape index (κ3) is 5.00. The van der Waals surface area contributed by atoms with Gasteiger partial charge in [0.1, 0.15) is 24.7 Å². The van der Waals surface area contributed by atoms with Gasteiger partial charge in [-0.25, -0.2) is 9.07 Å². The Morgan fingerprint density at radius 1 is 1.15 bits per heavy atom. The zero-order chi connectivity index (χ0) is 18.4. The standard InChI is InChI=1S/C17H15ClFN5O2/c18-13-3-7-15(8-4-13)26-11-16-21-22-23-24(16)10-17(25)20-9-12-1-5-14(19)6-2-12/h1-8H,9-11H2,(H,20,25). The molecule has 1 amide bonds. The summed E-state index contributed by atoms with van der Waals surface area (Å²) < 4.78 is 19.8. The van der Waals surface area contributed by atoms with Gasteiger partial charge in [-0.1, -0.05) is 23.7 Å². The van der Waals surface area contributed by atoms with Crippen LogP contribution >= 0.6 is 11.6 Å². The predicted molar refractivity (Wildman–Crippen MR) is 91.8 cm³/mol. The van der Waals surface area contributed by atoms with E-state index in [4.69, 9.17) is 16.3 Å². The summed E-state index contributed by atoms with van der Waals surface area (Å²) in [7, 11) is 0. The highest BCUT2D eigenvalue weighted by Crippen LogP contribution is 2.16. The van der Waals surface area contributed by atoms with Crippen molar-refractivity contribution in [3.8, 4) is 5.75 Å². The summed E-state index contributed by atoms with van der Waals surface area (Å²) in [6.07, 6.45) is 0. The molecule has 7 nitrogen and oxygen atoms in total. The largest absolute Gasteiger partial charge is 0.486 e. The maximum atomic E-state index is 12.9. The average molecular weight is 376 g/mol. The normalized spacial score (nSPS) is 10.5. The van der Waals surface area contributed by atoms with Gasteiger partial charge in [-0.2, -0.15) is 0 Å². The van der Waals surface area contributed by atoms with Gasteiger partial charge < -0.3 is 10.1 Å². The monoisotopic (exact) mass is 375 g/mol. The van der Waals surface area contributed by atoms with Gasteiger partial charge >= 0.3 is 0 Å². The number of carbonyl (C=O) groups excluding carboxylic acids is 1. The molecule has 3 rings (SSSR count). The van der Waals surface area contributed by atoms with Crippen LogP contribution in [0.5, 0.6) is 5.75 Å². The van der Waals surface area contributed by atoms with E-state index in [2.05, 4.69) is 20.8 Å². The molecular weight excluding hydrogens is 361 g/mol. The number of carbonyl (C=O) groups is 1. The van der Waals surface area contributed by atoms with Gasteiger partial charge in [-0.05, 0) is 52.4 Å². The maximum absolute atomic E-state index is 12.9. The fraction of sp³-hybridized carbons (Fsp3) is 0.176. The third-order valence-electron chi connectivity index (χ3n) is 3.48. The van der Waals surface area contributed by atoms with Crippen molar-refractivity contribution in [1.29, 1.82) is 0 Å². The topological polar surface area (TPSA) is 81.9 Å². The Balaban J connectivity index is 1.51. The van der Waals surface area contributed by atoms with Crippen LogP contribution in [0.3, 0.4) is 0 Å². The van der Waals surface area contributed by atoms with E-state index in [-0.39, 0.29) is 31.4 Å². The lowest BCUT2D eigenvalue weighted by molar-refractivity contribution is -0.122. The number of benzene rings is 2. The van der Waals surface area contributed by atoms with Crippen molar-refractivity contribution in [2.24, 2.45) is 0 Å². The van der Waals surface area contributed by atoms with E-state index < -0.39 is 0 Å². The predicted octanol–water partition coefficient (Wildman–Crippen LogP) is 2.36. The van der Waals surface area contributed by atoms with Crippen molar-refractivity contribution in [3.05, 3.63) is 70.8 Å². The molecule has 9 heteroatoms. The summed E-state index contributed by atoms with van der Waals surface area (Å²) >= 11 is 5.82. The fourth-order valence-electron chi connectivity index (χ4n) is 2.12. The van der Waals surface area contributed by atoms with E-state index in [9.17, 15) is 9.18 Å². The van der Waals surface area contributed by atoms with Crippen molar-refractivity contribution in [2.45, 2.75) is 19.7 Å². The Morgan fingerprint density at radius 3 is 2.62 bits per heavy atom. The molecule has 0 radical (unpaired) electrons. The molecule has 0 fully saturated rings. The molecule has 1 N–H and O–H groups in total. The smallest absolute Gasteiger partial charge is 0.242 e. The van der Waals surface area contributed by atoms with Crippen LogP contribution in [0.4, 0.5) is 4.39 Å². The summed E-state index contributed by atoms with van der Waals surface area (Å²) in [6.45, 7) is 0.352. The first kappa shape index (κ1) is 17.8. The molecule has 26 heavy (non-hydrogen) atoms. The molecule has 2 aromatic carbocycles. The zero-order valence-corrected chi connectivity index (χ0v) is 14.4. The van der Waals surface area contributed by atoms with Crippen LogP contribution < -0.4 is 10.1 Å². The number of nitrogens with one attached hydrogen (secondary N) is 1. The van der Waals surface area contributed by atoms with Crippen LogP contribution in [-0.2, 0) is 24.5 Å². The van der Waals surface area contributed by atoms with E-state index in [1.165, 1.54) is 16.8 Å². The molecule has 0 saturated carbocycles. The SMILES string of the molecule is O=C(Cn1nnnc1COc1ccc(Cl)cc1)NCc1ccc(F)cc1. The number of tetrazole rings is 1. The molecule has 1 heterocycles. The molecule has 134 valence electrons. The average Bonchev–Trinajstić information content (AvgIpc) is 3.08. The highest BCUT2D eigenvalue weighted by Gasteiger charge is 2.11. The lowest BCUT2D eigenvalue weighted by Crippen LogP contribution is -2.28. The second-order valence-corrected chi connectivity index (χ2v) is 5.83. The number of aromatic nitrogens is 4. The van der Waals surface area contributed by atoms with E-state index in [1.807, 2.05) is 0 Å². The summed E-state index contributed by atoms with van der Waals surface area (Å²) in [4.78, 5) is 12.1. The van der Waals surface area contributed by atoms with Crippen LogP contribution in [0.15, 0.2) is 48.5 Å². The van der Waals surface area contributed by atoms with Gasteiger partial charge in [0.05, 0.1) is 0 Å². The Kier molecular flexibility index (Phi) is 5.75. The first-order chi connectivity index (χ1) is 12.6. The first-order valence-electron chi connectivity index (χ1n) is 7.75. The minimum absolute atomic E-state index is 0.0481. The van der Waals surface area contributed by atoms with E-state index in [0.717, 1.165) is 5.56 Å². The summed E-state index contributed by atoms with van der Waals surface area (Å²) in [5, 5.41) is 14.6. The molecule has 0 aliphatic carbocycles. The van der Waals surface area contributed by atoms with E-state index in [0.29, 0.717) is 16.6 Å². The quantitative estimate of drug-likeness (QED) is 0.685. The van der Waals surface area contributed by atoms with Crippen LogP contribution in [0.25, 0.3) is 0 Å². The van der Waals surface area contributed by atoms with E-state index >= 15 is 0 Å². The summed E-state index contributed by atoms with van der Waals surface area (Å²) in [5.74, 6) is 0.440. The van der Waals surface area contributed by atoms with Crippen molar-refractivity contribution < 1.29 is 13.9 Å². The Bertz CT molecular complexity index is 868. The summed E-state index contributed by atoms with van der Waals surface area (Å²) in [6, 6.07) is 12.8. The molecular formula is C17H15ClFN5O2. The Hall–Kier alpha value is -3.00. The van der Waals surface area contributed by atoms with Gasteiger partial charge in [0.25, 0.3) is 0 Å². The number of hydrogen-bond acceptors (Lipinski definition) is 5. The highest BCUT2D eigenvalue weighted by molar-refractivity contribution is 6.30. The van der Waals surface area contributed by atoms with Crippen molar-refractivity contribution in [3.63, 3.8) is 0 Å². The van der Waals surface area contributed by atoms with E-state index in [1.54, 1.807) is 36.4 Å². The highest BCUT2D eigenvalue weighted by atomic mass is 35.5. The van der Waals surface area contributed by atoms with Crippen LogP contribution in [0.1, 0.15) is 11.4 Å². The number of rotatable bonds is 7. The molecule has 3 aromatic rings. The summed E-state index contributed by atoms with van der Waals surface area (Å²) in [5.41, 5.74) is 0.794. The molecule has 1 aromatic heterocycles. The van der Waals surface area contributed by atoms with Gasteiger partial charge in [0.2, 0.25) is 5.91 Å². The minimum Gasteiger partial charge on any atom is -0.486 e. The number of amides is 1. The molecule has 0 aliphatic rings. The second-order valence-electron chi connectivity index (χ2n) is 5.40. The number of hydrogen-bond donors (Lipinski definition) is 1. The molecule has 0 unspecified atom stereocenters. The lowest BCUT2D eigenvalue weighted by Gasteiger charge is -2.08. The number of ether oxygens (including phenoxy) is 1. The molecule has 0 bridgehead atoms. The van der Waals surface area contributed by atoms with Crippen molar-refractivity contribution in [2.75, 3.05) is 0 Å². The van der Waals surface area contributed by atoms with Gasteiger partial charge in [-0.15, -0.1) is 5.10 Å². The number of nitrogens with zero attached hydrogens (tertiary/aromatic N) is 4. The van der Waals surface area contributed by atoms with Gasteiger partial charge in [-0.3, -0.25) is 4.79 Å². The Labute approximate surface area is 153 Å². The van der Waals surface area contributed by atoms with Crippen LogP contribution in [-0.4, -0.2) is 26.1 Å². The maximum Gasteiger partial charge on any atom is 0.242 e. The fourth-order valence-corrected chi connectivity index (χ4v) is 2.25. The molecule has 0 atom stereocenters. The minimum atomic E-state index is -0.320.